The van der Waals surface area contributed by atoms with Crippen molar-refractivity contribution in [3.05, 3.63) is 0 Å². The first-order valence-electron chi connectivity index (χ1n) is 24.4. The number of likely N-dealkylation sites (N-methyl/N-ethyl adjacent to an activating group) is 2. The lowest BCUT2D eigenvalue weighted by Gasteiger charge is -2.49. The number of esters is 1. The molecule has 5 fully saturated rings. The highest BCUT2D eigenvalue weighted by atomic mass is 16.8. The van der Waals surface area contributed by atoms with E-state index in [-0.39, 0.29) is 57.1 Å². The number of aliphatic hydroxyl groups excluding tert-OH is 4. The van der Waals surface area contributed by atoms with Gasteiger partial charge in [-0.15, -0.1) is 0 Å². The highest BCUT2D eigenvalue weighted by molar-refractivity contribution is 5.73. The lowest BCUT2D eigenvalue weighted by Crippen LogP contribution is -2.61. The summed E-state index contributed by atoms with van der Waals surface area (Å²) in [5.74, 6) is -2.82. The van der Waals surface area contributed by atoms with E-state index in [1.807, 2.05) is 58.6 Å². The fraction of sp³-hybridized carbons (Fsp3) is 0.936. The summed E-state index contributed by atoms with van der Waals surface area (Å²) in [6.07, 6.45) is -15.7. The van der Waals surface area contributed by atoms with Crippen LogP contribution >= 0.6 is 0 Å². The second kappa shape index (κ2) is 23.5. The van der Waals surface area contributed by atoms with Crippen LogP contribution in [0.3, 0.4) is 0 Å². The van der Waals surface area contributed by atoms with E-state index in [0.717, 1.165) is 0 Å². The number of cyclic esters (lactones) is 1. The van der Waals surface area contributed by atoms with Gasteiger partial charge in [0.2, 0.25) is 0 Å². The number of nitrogens with zero attached hydrogens (tertiary/aromatic N) is 2. The average Bonchev–Trinajstić information content (AvgIpc) is 3.59. The minimum atomic E-state index is -1.64. The minimum absolute atomic E-state index is 0.00868. The van der Waals surface area contributed by atoms with Crippen molar-refractivity contribution in [1.29, 1.82) is 0 Å². The number of rotatable bonds is 12. The number of alkyl carbamates (subject to hydrolysis) is 1. The first-order chi connectivity index (χ1) is 32.2. The molecular weight excluding hydrogens is 911 g/mol. The third-order valence-corrected chi connectivity index (χ3v) is 15.0. The maximum absolute atomic E-state index is 14.7. The smallest absolute Gasteiger partial charge is 0.458 e. The maximum Gasteiger partial charge on any atom is 0.509 e. The molecule has 5 aliphatic heterocycles. The molecule has 0 aromatic rings. The summed E-state index contributed by atoms with van der Waals surface area (Å²) in [5.41, 5.74) is -4.23. The maximum atomic E-state index is 14.7. The Morgan fingerprint density at radius 2 is 1.59 bits per heavy atom. The van der Waals surface area contributed by atoms with E-state index < -0.39 is 133 Å². The van der Waals surface area contributed by atoms with E-state index in [2.05, 4.69) is 5.32 Å². The van der Waals surface area contributed by atoms with Crippen molar-refractivity contribution in [2.45, 2.75) is 210 Å². The van der Waals surface area contributed by atoms with E-state index in [1.165, 1.54) is 7.11 Å². The summed E-state index contributed by atoms with van der Waals surface area (Å²) < 4.78 is 67.0. The van der Waals surface area contributed by atoms with Gasteiger partial charge in [0.25, 0.3) is 0 Å². The van der Waals surface area contributed by atoms with Gasteiger partial charge in [-0.2, -0.15) is 0 Å². The van der Waals surface area contributed by atoms with Gasteiger partial charge in [-0.25, -0.2) is 9.59 Å². The predicted molar refractivity (Wildman–Crippen MR) is 243 cm³/mol. The van der Waals surface area contributed by atoms with Crippen molar-refractivity contribution < 1.29 is 92.0 Å². The highest BCUT2D eigenvalue weighted by Crippen LogP contribution is 2.42. The summed E-state index contributed by atoms with van der Waals surface area (Å²) in [7, 11) is 7.08. The molecule has 22 heteroatoms. The van der Waals surface area contributed by atoms with Crippen LogP contribution in [0.25, 0.3) is 0 Å². The van der Waals surface area contributed by atoms with Gasteiger partial charge in [-0.1, -0.05) is 20.8 Å². The van der Waals surface area contributed by atoms with Crippen LogP contribution in [-0.4, -0.2) is 223 Å². The van der Waals surface area contributed by atoms with Gasteiger partial charge in [-0.05, 0) is 94.8 Å². The second-order valence-corrected chi connectivity index (χ2v) is 21.0. The molecule has 69 heavy (non-hydrogen) atoms. The highest BCUT2D eigenvalue weighted by Gasteiger charge is 2.58. The fourth-order valence-electron chi connectivity index (χ4n) is 11.0. The number of methoxy groups -OCH3 is 1. The van der Waals surface area contributed by atoms with Gasteiger partial charge in [0, 0.05) is 44.6 Å². The monoisotopic (exact) mass is 994 g/mol. The summed E-state index contributed by atoms with van der Waals surface area (Å²) in [6, 6.07) is -0.733. The van der Waals surface area contributed by atoms with Gasteiger partial charge in [0.15, 0.2) is 36.7 Å². The molecule has 22 atom stereocenters. The van der Waals surface area contributed by atoms with Crippen LogP contribution in [-0.2, 0) is 56.9 Å². The van der Waals surface area contributed by atoms with Gasteiger partial charge in [-0.3, -0.25) is 9.69 Å². The van der Waals surface area contributed by atoms with E-state index >= 15 is 0 Å². The number of amides is 1. The van der Waals surface area contributed by atoms with Crippen LogP contribution in [0.2, 0.25) is 0 Å². The number of fused-ring (bicyclic) bond motifs is 1. The molecule has 5 heterocycles. The van der Waals surface area contributed by atoms with E-state index in [4.69, 9.17) is 52.1 Å². The lowest BCUT2D eigenvalue weighted by atomic mass is 9.77. The molecule has 400 valence electrons. The Morgan fingerprint density at radius 1 is 0.913 bits per heavy atom. The Labute approximate surface area is 406 Å². The molecule has 0 unspecified atom stereocenters. The van der Waals surface area contributed by atoms with Crippen LogP contribution in [0.4, 0.5) is 9.59 Å². The van der Waals surface area contributed by atoms with Crippen LogP contribution < -0.4 is 5.32 Å². The van der Waals surface area contributed by atoms with E-state index in [0.29, 0.717) is 13.0 Å². The molecule has 0 bridgehead atoms. The molecule has 0 aliphatic carbocycles. The van der Waals surface area contributed by atoms with Crippen molar-refractivity contribution in [2.75, 3.05) is 54.6 Å². The molecule has 1 amide bonds. The second-order valence-electron chi connectivity index (χ2n) is 21.0. The van der Waals surface area contributed by atoms with Crippen molar-refractivity contribution in [3.63, 3.8) is 0 Å². The quantitative estimate of drug-likeness (QED) is 0.0913. The molecule has 0 saturated carbocycles. The zero-order valence-corrected chi connectivity index (χ0v) is 43.0. The number of hydrogen-bond acceptors (Lipinski definition) is 21. The number of hydrogen-bond donors (Lipinski definition) is 6. The Balaban J connectivity index is 1.44. The first kappa shape index (κ1) is 57.4. The van der Waals surface area contributed by atoms with Crippen molar-refractivity contribution in [3.8, 4) is 0 Å². The van der Waals surface area contributed by atoms with E-state index in [1.54, 1.807) is 41.5 Å². The molecule has 5 aliphatic rings. The normalized spacial score (nSPS) is 46.4. The fourth-order valence-corrected chi connectivity index (χ4v) is 11.0. The molecule has 0 spiro atoms. The third kappa shape index (κ3) is 13.2. The van der Waals surface area contributed by atoms with Crippen LogP contribution in [0.5, 0.6) is 0 Å². The number of carbonyl (C=O) groups excluding carboxylic acids is 3. The average molecular weight is 994 g/mol. The Bertz CT molecular complexity index is 1700. The van der Waals surface area contributed by atoms with Gasteiger partial charge >= 0.3 is 18.2 Å². The minimum Gasteiger partial charge on any atom is -0.458 e. The summed E-state index contributed by atoms with van der Waals surface area (Å²) in [5, 5.41) is 56.9. The van der Waals surface area contributed by atoms with Gasteiger partial charge in [0.1, 0.15) is 36.1 Å². The standard InChI is InChI=1S/C47H83N3O19/c1-15-31-47(10)38(68-44(57)69-47)27(6)50(13)21-23(2)19-45(8,58)37(66-42-33(52)29(49(11)12)18-24(3)62-42)25(4)36(26(5)40(55)64-31)65-32-20-46(9,59-14)39(28(7)63-32)67-43(56)48-16-17-60-41-35(54)34(53)30(51)22-61-41/h23-39,41-42,51-54,58H,15-22H2,1-14H3,(H,48,56)/t23-,24-,25+,26-,27-,28+,29+,30-,31-,32+,33-,34+,35-,36+,37-,38-,39+,41-,42+,45-,46-,47-/m1/s1. The largest absolute Gasteiger partial charge is 0.509 e. The molecule has 0 radical (unpaired) electrons. The van der Waals surface area contributed by atoms with Gasteiger partial charge in [0.05, 0.1) is 49.1 Å². The summed E-state index contributed by atoms with van der Waals surface area (Å²) >= 11 is 0. The molecule has 0 aromatic heterocycles. The van der Waals surface area contributed by atoms with Crippen molar-refractivity contribution >= 4 is 18.2 Å². The summed E-state index contributed by atoms with van der Waals surface area (Å²) in [6.45, 7) is 17.8. The molecule has 5 saturated heterocycles. The Morgan fingerprint density at radius 3 is 2.23 bits per heavy atom. The first-order valence-corrected chi connectivity index (χ1v) is 24.4. The number of nitrogens with one attached hydrogen (secondary N) is 1. The number of aliphatic hydroxyl groups is 5. The number of carbonyl (C=O) groups is 3. The topological polar surface area (TPSA) is 272 Å². The molecular formula is C47H83N3O19. The predicted octanol–water partition coefficient (Wildman–Crippen LogP) is 1.27. The Kier molecular flexibility index (Phi) is 19.6. The lowest BCUT2D eigenvalue weighted by molar-refractivity contribution is -0.317. The number of ether oxygens (including phenoxy) is 11. The third-order valence-electron chi connectivity index (χ3n) is 15.0. The van der Waals surface area contributed by atoms with Crippen LogP contribution in [0, 0.1) is 17.8 Å². The molecule has 6 N–H and O–H groups in total. The SMILES string of the molecule is CC[C@H]1OC(=O)[C@H](C)[C@@H](O[C@H]2C[C@@](C)(OC)[C@@H](OC(=O)NCCO[C@@H]3OC[C@@H](O)[C@H](O)[C@H]3O)[C@H](C)O2)[C@H](C)[C@@H](O[C@@H]2O[C@H](C)C[C@H](N(C)C)[C@H]2O)[C@](C)(O)C[C@@H](C)CN(C)[C@H](C)[C@H]2OC(=O)O[C@@]21C. The Hall–Kier alpha value is -2.55. The molecule has 5 rings (SSSR count). The van der Waals surface area contributed by atoms with Gasteiger partial charge < -0.3 is 87.9 Å². The van der Waals surface area contributed by atoms with Crippen molar-refractivity contribution in [2.24, 2.45) is 17.8 Å². The van der Waals surface area contributed by atoms with E-state index in [9.17, 15) is 39.9 Å². The van der Waals surface area contributed by atoms with Crippen LogP contribution in [0.15, 0.2) is 0 Å². The summed E-state index contributed by atoms with van der Waals surface area (Å²) in [4.78, 5) is 44.7. The molecule has 22 nitrogen and oxygen atoms in total. The zero-order valence-electron chi connectivity index (χ0n) is 43.0. The van der Waals surface area contributed by atoms with Crippen LogP contribution in [0.1, 0.15) is 94.9 Å². The molecule has 0 aromatic carbocycles. The van der Waals surface area contributed by atoms with Crippen molar-refractivity contribution in [1.82, 2.24) is 15.1 Å². The zero-order chi connectivity index (χ0) is 51.5.